The lowest BCUT2D eigenvalue weighted by atomic mass is 9.92. The zero-order valence-corrected chi connectivity index (χ0v) is 12.8. The van der Waals surface area contributed by atoms with Crippen LogP contribution in [0.5, 0.6) is 5.75 Å². The Morgan fingerprint density at radius 3 is 2.60 bits per heavy atom. The Morgan fingerprint density at radius 2 is 2.05 bits per heavy atom. The van der Waals surface area contributed by atoms with E-state index in [2.05, 4.69) is 36.9 Å². The highest BCUT2D eigenvalue weighted by molar-refractivity contribution is 5.36. The second-order valence-electron chi connectivity index (χ2n) is 5.88. The van der Waals surface area contributed by atoms with Crippen molar-refractivity contribution in [2.75, 3.05) is 20.2 Å². The van der Waals surface area contributed by atoms with E-state index in [1.165, 1.54) is 18.4 Å². The molecule has 1 unspecified atom stereocenters. The van der Waals surface area contributed by atoms with Gasteiger partial charge in [-0.3, -0.25) is 4.90 Å². The molecule has 1 aliphatic rings. The van der Waals surface area contributed by atoms with Crippen molar-refractivity contribution in [1.82, 2.24) is 4.90 Å². The van der Waals surface area contributed by atoms with Crippen LogP contribution in [0, 0.1) is 18.3 Å². The highest BCUT2D eigenvalue weighted by Crippen LogP contribution is 2.27. The molecule has 0 spiro atoms. The second kappa shape index (κ2) is 6.28. The van der Waals surface area contributed by atoms with Gasteiger partial charge in [-0.2, -0.15) is 5.26 Å². The second-order valence-corrected chi connectivity index (χ2v) is 5.88. The van der Waals surface area contributed by atoms with Crippen LogP contribution >= 0.6 is 0 Å². The molecule has 0 amide bonds. The number of hydrogen-bond donors (Lipinski definition) is 0. The van der Waals surface area contributed by atoms with Crippen molar-refractivity contribution in [2.24, 2.45) is 0 Å². The summed E-state index contributed by atoms with van der Waals surface area (Å²) < 4.78 is 5.29. The molecule has 1 saturated heterocycles. The highest BCUT2D eigenvalue weighted by Gasteiger charge is 2.33. The van der Waals surface area contributed by atoms with Crippen LogP contribution in [-0.4, -0.2) is 30.6 Å². The molecule has 108 valence electrons. The van der Waals surface area contributed by atoms with Crippen molar-refractivity contribution in [1.29, 1.82) is 5.26 Å². The van der Waals surface area contributed by atoms with Gasteiger partial charge in [-0.1, -0.05) is 12.1 Å². The summed E-state index contributed by atoms with van der Waals surface area (Å²) >= 11 is 0. The molecule has 3 nitrogen and oxygen atoms in total. The van der Waals surface area contributed by atoms with E-state index in [4.69, 9.17) is 4.74 Å². The summed E-state index contributed by atoms with van der Waals surface area (Å²) in [5, 5.41) is 9.55. The third kappa shape index (κ3) is 3.13. The summed E-state index contributed by atoms with van der Waals surface area (Å²) in [5.41, 5.74) is 2.11. The quantitative estimate of drug-likeness (QED) is 0.825. The van der Waals surface area contributed by atoms with E-state index in [-0.39, 0.29) is 5.54 Å². The summed E-state index contributed by atoms with van der Waals surface area (Å²) in [6, 6.07) is 8.82. The van der Waals surface area contributed by atoms with E-state index in [9.17, 15) is 5.26 Å². The summed E-state index contributed by atoms with van der Waals surface area (Å²) in [5.74, 6) is 0.927. The molecule has 1 aromatic rings. The maximum absolute atomic E-state index is 9.55. The lowest BCUT2D eigenvalue weighted by molar-refractivity contribution is 0.181. The van der Waals surface area contributed by atoms with E-state index in [1.807, 2.05) is 6.07 Å². The molecule has 0 saturated carbocycles. The number of aryl methyl sites for hydroxylation is 2. The summed E-state index contributed by atoms with van der Waals surface area (Å²) in [6.45, 7) is 6.26. The Hall–Kier alpha value is -1.53. The van der Waals surface area contributed by atoms with E-state index < -0.39 is 0 Å². The van der Waals surface area contributed by atoms with Crippen LogP contribution in [0.2, 0.25) is 0 Å². The molecule has 2 rings (SSSR count). The molecule has 20 heavy (non-hydrogen) atoms. The molecule has 1 atom stereocenters. The Labute approximate surface area is 122 Å². The minimum absolute atomic E-state index is 0.329. The first-order valence-corrected chi connectivity index (χ1v) is 7.39. The lowest BCUT2D eigenvalue weighted by Gasteiger charge is -2.32. The Bertz CT molecular complexity index is 500. The first-order valence-electron chi connectivity index (χ1n) is 7.39. The van der Waals surface area contributed by atoms with Crippen LogP contribution in [0.3, 0.4) is 0 Å². The van der Waals surface area contributed by atoms with Gasteiger partial charge in [0.05, 0.1) is 13.2 Å². The number of nitrogens with zero attached hydrogens (tertiary/aromatic N) is 2. The number of likely N-dealkylation sites (tertiary alicyclic amines) is 1. The fraction of sp³-hybridized carbons (Fsp3) is 0.588. The summed E-state index contributed by atoms with van der Waals surface area (Å²) in [6.07, 6.45) is 4.26. The molecule has 0 N–H and O–H groups in total. The van der Waals surface area contributed by atoms with Crippen LogP contribution in [-0.2, 0) is 6.42 Å². The van der Waals surface area contributed by atoms with Crippen molar-refractivity contribution in [3.63, 3.8) is 0 Å². The zero-order valence-electron chi connectivity index (χ0n) is 12.8. The Balaban J connectivity index is 2.03. The molecule has 1 fully saturated rings. The fourth-order valence-corrected chi connectivity index (χ4v) is 2.98. The number of hydrogen-bond acceptors (Lipinski definition) is 3. The van der Waals surface area contributed by atoms with E-state index in [0.29, 0.717) is 0 Å². The molecule has 1 aliphatic heterocycles. The summed E-state index contributed by atoms with van der Waals surface area (Å²) in [4.78, 5) is 2.34. The fourth-order valence-electron chi connectivity index (χ4n) is 2.98. The predicted molar refractivity (Wildman–Crippen MR) is 80.9 cm³/mol. The van der Waals surface area contributed by atoms with Crippen LogP contribution in [0.1, 0.15) is 37.3 Å². The first kappa shape index (κ1) is 14.9. The predicted octanol–water partition coefficient (Wildman–Crippen LogP) is 3.31. The van der Waals surface area contributed by atoms with E-state index in [0.717, 1.165) is 37.2 Å². The molecule has 1 aromatic carbocycles. The van der Waals surface area contributed by atoms with Gasteiger partial charge in [-0.25, -0.2) is 0 Å². The number of nitriles is 1. The highest BCUT2D eigenvalue weighted by atomic mass is 16.5. The van der Waals surface area contributed by atoms with Gasteiger partial charge >= 0.3 is 0 Å². The molecule has 3 heteroatoms. The SMILES string of the molecule is COc1ccc(CCC(C)(C#N)N2CCCC2)cc1C. The van der Waals surface area contributed by atoms with Crippen LogP contribution < -0.4 is 4.74 Å². The van der Waals surface area contributed by atoms with Crippen LogP contribution in [0.4, 0.5) is 0 Å². The lowest BCUT2D eigenvalue weighted by Crippen LogP contribution is -2.43. The van der Waals surface area contributed by atoms with Gasteiger partial charge in [0.1, 0.15) is 11.3 Å². The largest absolute Gasteiger partial charge is 0.496 e. The molecular weight excluding hydrogens is 248 g/mol. The average Bonchev–Trinajstić information content (AvgIpc) is 3.00. The van der Waals surface area contributed by atoms with Gasteiger partial charge in [-0.05, 0) is 69.8 Å². The van der Waals surface area contributed by atoms with Crippen molar-refractivity contribution in [3.8, 4) is 11.8 Å². The maximum Gasteiger partial charge on any atom is 0.121 e. The van der Waals surface area contributed by atoms with Gasteiger partial charge in [0.2, 0.25) is 0 Å². The minimum Gasteiger partial charge on any atom is -0.496 e. The molecule has 1 heterocycles. The van der Waals surface area contributed by atoms with Gasteiger partial charge in [0.15, 0.2) is 0 Å². The van der Waals surface area contributed by atoms with Gasteiger partial charge in [-0.15, -0.1) is 0 Å². The average molecular weight is 272 g/mol. The topological polar surface area (TPSA) is 36.3 Å². The van der Waals surface area contributed by atoms with Gasteiger partial charge in [0, 0.05) is 0 Å². The maximum atomic E-state index is 9.55. The standard InChI is InChI=1S/C17H24N2O/c1-14-12-15(6-7-16(14)20-3)8-9-17(2,13-18)19-10-4-5-11-19/h6-7,12H,4-5,8-11H2,1-3H3. The van der Waals surface area contributed by atoms with E-state index in [1.54, 1.807) is 7.11 Å². The van der Waals surface area contributed by atoms with E-state index >= 15 is 0 Å². The number of rotatable bonds is 5. The smallest absolute Gasteiger partial charge is 0.121 e. The Morgan fingerprint density at radius 1 is 1.35 bits per heavy atom. The van der Waals surface area contributed by atoms with Gasteiger partial charge < -0.3 is 4.74 Å². The number of methoxy groups -OCH3 is 1. The summed E-state index contributed by atoms with van der Waals surface area (Å²) in [7, 11) is 1.70. The molecule has 0 aliphatic carbocycles. The normalized spacial score (nSPS) is 18.5. The van der Waals surface area contributed by atoms with Crippen LogP contribution in [0.15, 0.2) is 18.2 Å². The number of benzene rings is 1. The monoisotopic (exact) mass is 272 g/mol. The van der Waals surface area contributed by atoms with Crippen LogP contribution in [0.25, 0.3) is 0 Å². The van der Waals surface area contributed by atoms with Crippen molar-refractivity contribution >= 4 is 0 Å². The van der Waals surface area contributed by atoms with Crippen molar-refractivity contribution in [3.05, 3.63) is 29.3 Å². The van der Waals surface area contributed by atoms with Crippen molar-refractivity contribution < 1.29 is 4.74 Å². The van der Waals surface area contributed by atoms with Gasteiger partial charge in [0.25, 0.3) is 0 Å². The number of ether oxygens (including phenoxy) is 1. The molecular formula is C17H24N2O. The Kier molecular flexibility index (Phi) is 4.67. The minimum atomic E-state index is -0.329. The molecule has 0 aromatic heterocycles. The molecule has 0 radical (unpaired) electrons. The molecule has 0 bridgehead atoms. The third-order valence-corrected chi connectivity index (χ3v) is 4.40. The first-order chi connectivity index (χ1) is 9.59. The third-order valence-electron chi connectivity index (χ3n) is 4.40. The zero-order chi connectivity index (χ0) is 14.6. The van der Waals surface area contributed by atoms with Crippen molar-refractivity contribution in [2.45, 2.75) is 45.1 Å².